The topological polar surface area (TPSA) is 116 Å². The predicted molar refractivity (Wildman–Crippen MR) is 79.0 cm³/mol. The zero-order valence-electron chi connectivity index (χ0n) is 11.7. The van der Waals surface area contributed by atoms with Gasteiger partial charge in [-0.25, -0.2) is 0 Å². The zero-order valence-corrected chi connectivity index (χ0v) is 11.7. The molecule has 1 aliphatic rings. The Labute approximate surface area is 124 Å². The minimum absolute atomic E-state index is 0.0479. The second kappa shape index (κ2) is 4.45. The molecule has 2 aromatic rings. The third-order valence-electron chi connectivity index (χ3n) is 3.73. The van der Waals surface area contributed by atoms with E-state index >= 15 is 0 Å². The number of benzene rings is 2. The number of nitrogens with zero attached hydrogens (tertiary/aromatic N) is 1. The van der Waals surface area contributed by atoms with Gasteiger partial charge in [0.05, 0.1) is 18.1 Å². The highest BCUT2D eigenvalue weighted by Crippen LogP contribution is 2.53. The molecule has 3 N–H and O–H groups in total. The van der Waals surface area contributed by atoms with Crippen LogP contribution in [0.5, 0.6) is 17.2 Å². The lowest BCUT2D eigenvalue weighted by atomic mass is 9.86. The number of hydrogen-bond acceptors (Lipinski definition) is 7. The minimum Gasteiger partial charge on any atom is -0.507 e. The average Bonchev–Trinajstić information content (AvgIpc) is 2.45. The van der Waals surface area contributed by atoms with Crippen molar-refractivity contribution in [2.75, 3.05) is 7.11 Å². The molecule has 0 amide bonds. The molecule has 2 aromatic carbocycles. The van der Waals surface area contributed by atoms with Gasteiger partial charge in [-0.1, -0.05) is 0 Å². The Balaban J connectivity index is 2.71. The van der Waals surface area contributed by atoms with Crippen LogP contribution in [0.1, 0.15) is 21.5 Å². The van der Waals surface area contributed by atoms with Crippen molar-refractivity contribution in [3.63, 3.8) is 0 Å². The maximum atomic E-state index is 12.1. The van der Waals surface area contributed by atoms with Crippen LogP contribution in [0.2, 0.25) is 0 Å². The Bertz CT molecular complexity index is 897. The maximum absolute atomic E-state index is 12.1. The van der Waals surface area contributed by atoms with E-state index in [1.54, 1.807) is 6.92 Å². The molecule has 3 rings (SSSR count). The lowest BCUT2D eigenvalue weighted by Gasteiger charge is -2.21. The number of methoxy groups -OCH3 is 1. The summed E-state index contributed by atoms with van der Waals surface area (Å²) >= 11 is 0. The van der Waals surface area contributed by atoms with E-state index in [9.17, 15) is 25.0 Å². The quantitative estimate of drug-likeness (QED) is 0.734. The lowest BCUT2D eigenvalue weighted by molar-refractivity contribution is 0.104. The lowest BCUT2D eigenvalue weighted by Crippen LogP contribution is -2.08. The Morgan fingerprint density at radius 1 is 1.09 bits per heavy atom. The number of hydrogen-bond donors (Lipinski definition) is 3. The predicted octanol–water partition coefficient (Wildman–Crippen LogP) is 3.06. The number of carbonyl (C=O) groups excluding carboxylic acids is 1. The molecule has 0 atom stereocenters. The number of phenolic OH excluding ortho intramolecular Hbond substituents is 2. The number of aliphatic hydroxyl groups excluding tert-OH is 1. The first kappa shape index (κ1) is 13.9. The number of rotatable bonds is 2. The second-order valence-corrected chi connectivity index (χ2v) is 4.93. The molecule has 0 radical (unpaired) electrons. The molecule has 0 spiro atoms. The van der Waals surface area contributed by atoms with Crippen LogP contribution in [-0.4, -0.2) is 28.2 Å². The number of allylic oxidation sites excluding steroid dienone is 1. The van der Waals surface area contributed by atoms with Crippen molar-refractivity contribution in [3.8, 4) is 17.2 Å². The van der Waals surface area contributed by atoms with E-state index in [1.165, 1.54) is 13.2 Å². The van der Waals surface area contributed by atoms with Crippen LogP contribution >= 0.6 is 0 Å². The van der Waals surface area contributed by atoms with Crippen molar-refractivity contribution in [1.82, 2.24) is 0 Å². The first-order chi connectivity index (χ1) is 10.4. The van der Waals surface area contributed by atoms with Crippen molar-refractivity contribution in [2.45, 2.75) is 6.92 Å². The summed E-state index contributed by atoms with van der Waals surface area (Å²) in [6, 6.07) is 1.36. The van der Waals surface area contributed by atoms with Gasteiger partial charge >= 0.3 is 0 Å². The number of carbonyl (C=O) groups is 1. The van der Waals surface area contributed by atoms with Gasteiger partial charge in [0.15, 0.2) is 17.3 Å². The molecule has 1 aliphatic carbocycles. The smallest absolute Gasteiger partial charge is 0.204 e. The van der Waals surface area contributed by atoms with E-state index in [0.29, 0.717) is 5.56 Å². The highest BCUT2D eigenvalue weighted by molar-refractivity contribution is 6.25. The Morgan fingerprint density at radius 2 is 1.77 bits per heavy atom. The highest BCUT2D eigenvalue weighted by Gasteiger charge is 2.31. The van der Waals surface area contributed by atoms with Gasteiger partial charge in [-0.15, -0.1) is 4.91 Å². The van der Waals surface area contributed by atoms with Crippen molar-refractivity contribution in [2.24, 2.45) is 5.18 Å². The van der Waals surface area contributed by atoms with Crippen LogP contribution in [0.4, 0.5) is 5.69 Å². The van der Waals surface area contributed by atoms with Gasteiger partial charge in [-0.3, -0.25) is 4.79 Å². The summed E-state index contributed by atoms with van der Waals surface area (Å²) in [5, 5.41) is 33.4. The fraction of sp³-hybridized carbons (Fsp3) is 0.133. The number of nitroso groups, excluding NO2 is 1. The van der Waals surface area contributed by atoms with Crippen molar-refractivity contribution in [1.29, 1.82) is 0 Å². The molecule has 0 aliphatic heterocycles. The molecular formula is C15H11NO6. The van der Waals surface area contributed by atoms with Gasteiger partial charge in [0, 0.05) is 17.0 Å². The molecule has 0 bridgehead atoms. The second-order valence-electron chi connectivity index (χ2n) is 4.93. The van der Waals surface area contributed by atoms with Crippen molar-refractivity contribution < 1.29 is 24.9 Å². The van der Waals surface area contributed by atoms with Gasteiger partial charge in [0.25, 0.3) is 0 Å². The van der Waals surface area contributed by atoms with E-state index in [2.05, 4.69) is 5.18 Å². The molecule has 0 saturated carbocycles. The number of ether oxygens (including phenoxy) is 1. The van der Waals surface area contributed by atoms with E-state index in [1.807, 2.05) is 0 Å². The molecule has 7 heteroatoms. The van der Waals surface area contributed by atoms with Crippen LogP contribution in [0, 0.1) is 11.8 Å². The Morgan fingerprint density at radius 3 is 2.36 bits per heavy atom. The van der Waals surface area contributed by atoms with Crippen LogP contribution < -0.4 is 4.74 Å². The van der Waals surface area contributed by atoms with Gasteiger partial charge in [0.1, 0.15) is 11.4 Å². The van der Waals surface area contributed by atoms with Crippen LogP contribution in [-0.2, 0) is 0 Å². The SMILES string of the molecule is COc1c(O)c2c3c(c(C)cc(N=O)c3c1O)C(=O)C=C2O. The summed E-state index contributed by atoms with van der Waals surface area (Å²) in [4.78, 5) is 23.2. The zero-order chi connectivity index (χ0) is 16.2. The van der Waals surface area contributed by atoms with E-state index in [-0.39, 0.29) is 33.3 Å². The summed E-state index contributed by atoms with van der Waals surface area (Å²) in [5.41, 5.74) is 0.438. The summed E-state index contributed by atoms with van der Waals surface area (Å²) in [6.45, 7) is 1.60. The molecule has 0 aromatic heterocycles. The molecule has 0 saturated heterocycles. The van der Waals surface area contributed by atoms with E-state index < -0.39 is 23.0 Å². The van der Waals surface area contributed by atoms with Crippen LogP contribution in [0.25, 0.3) is 16.5 Å². The van der Waals surface area contributed by atoms with Crippen LogP contribution in [0.15, 0.2) is 17.3 Å². The van der Waals surface area contributed by atoms with Crippen molar-refractivity contribution >= 4 is 28.0 Å². The molecule has 112 valence electrons. The molecule has 0 unspecified atom stereocenters. The number of aryl methyl sites for hydroxylation is 1. The Kier molecular flexibility index (Phi) is 2.81. The average molecular weight is 301 g/mol. The third kappa shape index (κ3) is 1.53. The fourth-order valence-electron chi connectivity index (χ4n) is 2.85. The number of aromatic hydroxyl groups is 2. The number of ketones is 1. The van der Waals surface area contributed by atoms with Gasteiger partial charge in [-0.2, -0.15) is 0 Å². The molecular weight excluding hydrogens is 290 g/mol. The summed E-state index contributed by atoms with van der Waals surface area (Å²) < 4.78 is 4.93. The number of aliphatic hydroxyl groups is 1. The van der Waals surface area contributed by atoms with Gasteiger partial charge in [0.2, 0.25) is 5.75 Å². The van der Waals surface area contributed by atoms with E-state index in [0.717, 1.165) is 6.08 Å². The minimum atomic E-state index is -0.517. The molecule has 0 heterocycles. The molecule has 0 fully saturated rings. The highest BCUT2D eigenvalue weighted by atomic mass is 16.5. The van der Waals surface area contributed by atoms with Crippen molar-refractivity contribution in [3.05, 3.63) is 33.7 Å². The monoisotopic (exact) mass is 301 g/mol. The first-order valence-electron chi connectivity index (χ1n) is 6.30. The maximum Gasteiger partial charge on any atom is 0.204 e. The number of phenols is 2. The fourth-order valence-corrected chi connectivity index (χ4v) is 2.85. The largest absolute Gasteiger partial charge is 0.507 e. The summed E-state index contributed by atoms with van der Waals surface area (Å²) in [7, 11) is 1.21. The normalized spacial score (nSPS) is 13.2. The molecule has 7 nitrogen and oxygen atoms in total. The first-order valence-corrected chi connectivity index (χ1v) is 6.30. The van der Waals surface area contributed by atoms with Crippen LogP contribution in [0.3, 0.4) is 0 Å². The third-order valence-corrected chi connectivity index (χ3v) is 3.73. The van der Waals surface area contributed by atoms with E-state index in [4.69, 9.17) is 4.74 Å². The van der Waals surface area contributed by atoms with Gasteiger partial charge in [-0.05, 0) is 23.7 Å². The molecule has 22 heavy (non-hydrogen) atoms. The van der Waals surface area contributed by atoms with Gasteiger partial charge < -0.3 is 20.1 Å². The standard InChI is InChI=1S/C15H11NO6/c1-5-3-6(16-21)10-12-9(5)7(17)4-8(18)11(12)14(20)15(22-2)13(10)19/h3-4,18-20H,1-2H3. The Hall–Kier alpha value is -3.09. The summed E-state index contributed by atoms with van der Waals surface area (Å²) in [5.74, 6) is -2.30. The summed E-state index contributed by atoms with van der Waals surface area (Å²) in [6.07, 6.45) is 0.967.